The number of nitrogens with zero attached hydrogens (tertiary/aromatic N) is 9. The van der Waals surface area contributed by atoms with Crippen LogP contribution in [-0.2, 0) is 39.9 Å². The second-order valence-corrected chi connectivity index (χ2v) is 27.2. The van der Waals surface area contributed by atoms with Gasteiger partial charge in [-0.1, -0.05) is 159 Å². The third kappa shape index (κ3) is 23.6. The third-order valence-corrected chi connectivity index (χ3v) is 18.9. The zero-order valence-electron chi connectivity index (χ0n) is 64.6. The Labute approximate surface area is 652 Å². The van der Waals surface area contributed by atoms with Crippen LogP contribution in [0.25, 0.3) is 33.7 Å². The molecule has 7 aromatic carbocycles. The minimum atomic E-state index is -0.729. The Balaban J connectivity index is 0.000000177. The minimum absolute atomic E-state index is 0.0152. The maximum atomic E-state index is 12.8. The number of rotatable bonds is 16. The van der Waals surface area contributed by atoms with Crippen LogP contribution in [0.15, 0.2) is 223 Å². The number of nitro groups is 1. The van der Waals surface area contributed by atoms with Crippen molar-refractivity contribution in [1.82, 2.24) is 34.1 Å². The number of aliphatic imine (C=N–C) groups is 1. The van der Waals surface area contributed by atoms with Gasteiger partial charge in [0.05, 0.1) is 16.8 Å². The molecule has 586 valence electrons. The summed E-state index contributed by atoms with van der Waals surface area (Å²) in [6.45, 7) is 17.0. The van der Waals surface area contributed by atoms with Crippen LogP contribution in [0.1, 0.15) is 116 Å². The fraction of sp³-hybridized carbons (Fsp3) is 0.310. The number of nitro benzene ring substituents is 1. The number of piperidine rings is 2. The average Bonchev–Trinajstić information content (AvgIpc) is 0.838. The number of esters is 1. The second kappa shape index (κ2) is 41.7. The van der Waals surface area contributed by atoms with Gasteiger partial charge in [-0.3, -0.25) is 29.3 Å². The van der Waals surface area contributed by atoms with Gasteiger partial charge in [0.1, 0.15) is 43.2 Å². The monoisotopic (exact) mass is 1520 g/mol. The fourth-order valence-electron chi connectivity index (χ4n) is 12.8. The number of carbonyl (C=O) groups excluding carboxylic acids is 8. The summed E-state index contributed by atoms with van der Waals surface area (Å²) in [5.74, 6) is -1.17. The van der Waals surface area contributed by atoms with Crippen molar-refractivity contribution >= 4 is 93.0 Å². The molecule has 112 heavy (non-hydrogen) atoms. The van der Waals surface area contributed by atoms with Crippen LogP contribution in [0.2, 0.25) is 0 Å². The number of likely N-dealkylation sites (tertiary alicyclic amines) is 2. The number of aromatic hydroxyl groups is 2. The number of allylic oxidation sites excluding steroid dienone is 2. The van der Waals surface area contributed by atoms with Crippen LogP contribution in [-0.4, -0.2) is 189 Å². The van der Waals surface area contributed by atoms with Crippen molar-refractivity contribution in [3.63, 3.8) is 0 Å². The molecule has 4 atom stereocenters. The highest BCUT2D eigenvalue weighted by atomic mass is 16.6. The van der Waals surface area contributed by atoms with Crippen LogP contribution in [0.3, 0.4) is 0 Å². The molecule has 2 aliphatic heterocycles. The van der Waals surface area contributed by atoms with Gasteiger partial charge in [0, 0.05) is 156 Å². The number of amides is 4. The van der Waals surface area contributed by atoms with Gasteiger partial charge in [0.15, 0.2) is 11.6 Å². The molecule has 2 saturated heterocycles. The lowest BCUT2D eigenvalue weighted by Gasteiger charge is -2.31. The molecule has 0 saturated carbocycles. The molecular formula is C87H97N9O16. The molecule has 2 aliphatic carbocycles. The number of phenolic OH excluding ortho intramolecular Hbond substituents is 2. The lowest BCUT2D eigenvalue weighted by Crippen LogP contribution is -2.40. The van der Waals surface area contributed by atoms with E-state index in [0.29, 0.717) is 83.9 Å². The number of carbonyl (C=O) groups is 8. The van der Waals surface area contributed by atoms with Crippen molar-refractivity contribution in [3.8, 4) is 11.5 Å². The normalized spacial score (nSPS) is 15.4. The molecule has 1 aromatic heterocycles. The third-order valence-electron chi connectivity index (χ3n) is 18.9. The molecular weight excluding hydrogens is 1430 g/mol. The summed E-state index contributed by atoms with van der Waals surface area (Å²) in [6.07, 6.45) is 18.2. The predicted molar refractivity (Wildman–Crippen MR) is 430 cm³/mol. The maximum absolute atomic E-state index is 12.8. The highest BCUT2D eigenvalue weighted by molar-refractivity contribution is 6.17. The maximum Gasteiger partial charge on any atom is 0.436 e. The van der Waals surface area contributed by atoms with Gasteiger partial charge in [-0.05, 0) is 104 Å². The molecule has 12 rings (SSSR count). The molecule has 2 N–H and O–H groups in total. The Morgan fingerprint density at radius 3 is 1.73 bits per heavy atom. The van der Waals surface area contributed by atoms with Gasteiger partial charge < -0.3 is 53.7 Å². The van der Waals surface area contributed by atoms with Crippen molar-refractivity contribution in [3.05, 3.63) is 262 Å². The second-order valence-electron chi connectivity index (χ2n) is 27.2. The number of ether oxygens (including phenoxy) is 4. The predicted octanol–water partition coefficient (Wildman–Crippen LogP) is 15.3. The minimum Gasteiger partial charge on any atom is -0.507 e. The van der Waals surface area contributed by atoms with E-state index in [2.05, 4.69) is 46.9 Å². The van der Waals surface area contributed by atoms with E-state index in [4.69, 9.17) is 18.9 Å². The van der Waals surface area contributed by atoms with E-state index < -0.39 is 35.0 Å². The topological polar surface area (TPSA) is 303 Å². The van der Waals surface area contributed by atoms with Crippen LogP contribution in [0.5, 0.6) is 11.5 Å². The molecule has 0 radical (unpaired) electrons. The molecule has 2 fully saturated rings. The summed E-state index contributed by atoms with van der Waals surface area (Å²) in [4.78, 5) is 124. The Kier molecular flexibility index (Phi) is 31.6. The molecule has 4 amide bonds. The van der Waals surface area contributed by atoms with E-state index in [0.717, 1.165) is 42.3 Å². The molecule has 4 unspecified atom stereocenters. The van der Waals surface area contributed by atoms with Gasteiger partial charge in [-0.25, -0.2) is 28.7 Å². The largest absolute Gasteiger partial charge is 0.507 e. The SMILES string of the molecule is C=C(C)C(=O)OC1CCN(C(=O)/C=C/c2ccccc2O)CC1.CC(COC(=O)N=C(N(C)C)N(C)C)c1ccccc1[N+](=O)[O-].CC(OC(=O)n1ccnc1)C1=CC2C(=O)c3ccccc3C(=O)C2C=C1.CCN(CC)C(=O)OCc1c2ccccc2cc2ccccc12.O=C(/C=C/c1ccccc1O)N1CCCCC1. The van der Waals surface area contributed by atoms with Crippen molar-refractivity contribution in [1.29, 1.82) is 0 Å². The van der Waals surface area contributed by atoms with Gasteiger partial charge in [-0.15, -0.1) is 4.99 Å². The number of Topliss-reactive ketones (excluding diaryl/α,β-unsaturated/α-hetero) is 2. The van der Waals surface area contributed by atoms with E-state index in [1.54, 1.807) is 190 Å². The number of hydrogen-bond donors (Lipinski definition) is 2. The Morgan fingerprint density at radius 1 is 0.688 bits per heavy atom. The number of guanidine groups is 1. The summed E-state index contributed by atoms with van der Waals surface area (Å²) in [5, 5.41) is 34.9. The van der Waals surface area contributed by atoms with E-state index in [-0.39, 0.29) is 77.9 Å². The average molecular weight is 1520 g/mol. The summed E-state index contributed by atoms with van der Waals surface area (Å²) >= 11 is 0. The Hall–Kier alpha value is -12.8. The van der Waals surface area contributed by atoms with Gasteiger partial charge in [-0.2, -0.15) is 0 Å². The molecule has 4 aliphatic rings. The van der Waals surface area contributed by atoms with Crippen molar-refractivity contribution in [2.45, 2.75) is 91.5 Å². The molecule has 3 heterocycles. The van der Waals surface area contributed by atoms with E-state index in [1.165, 1.54) is 52.6 Å². The number of ketones is 2. The lowest BCUT2D eigenvalue weighted by atomic mass is 9.71. The van der Waals surface area contributed by atoms with Crippen molar-refractivity contribution in [2.75, 3.05) is 74.1 Å². The first-order valence-electron chi connectivity index (χ1n) is 37.1. The Morgan fingerprint density at radius 2 is 1.21 bits per heavy atom. The number of imidazole rings is 1. The summed E-state index contributed by atoms with van der Waals surface area (Å²) < 4.78 is 22.6. The number of hydrogen-bond acceptors (Lipinski definition) is 17. The van der Waals surface area contributed by atoms with Crippen molar-refractivity contribution < 1.29 is 72.4 Å². The summed E-state index contributed by atoms with van der Waals surface area (Å²) in [5.41, 5.74) is 4.89. The van der Waals surface area contributed by atoms with Crippen molar-refractivity contribution in [2.24, 2.45) is 16.8 Å². The van der Waals surface area contributed by atoms with Crippen LogP contribution in [0, 0.1) is 22.0 Å². The summed E-state index contributed by atoms with van der Waals surface area (Å²) in [7, 11) is 7.06. The first kappa shape index (κ1) is 84.8. The Bertz CT molecular complexity index is 4750. The molecule has 25 heteroatoms. The molecule has 0 spiro atoms. The first-order valence-corrected chi connectivity index (χ1v) is 37.1. The quantitative estimate of drug-likeness (QED) is 0.0133. The van der Waals surface area contributed by atoms with Gasteiger partial charge >= 0.3 is 24.2 Å². The highest BCUT2D eigenvalue weighted by Crippen LogP contribution is 2.37. The lowest BCUT2D eigenvalue weighted by molar-refractivity contribution is -0.385. The van der Waals surface area contributed by atoms with Crippen LogP contribution >= 0.6 is 0 Å². The van der Waals surface area contributed by atoms with Crippen LogP contribution < -0.4 is 0 Å². The zero-order valence-corrected chi connectivity index (χ0v) is 64.6. The highest BCUT2D eigenvalue weighted by Gasteiger charge is 2.41. The number of phenols is 2. The molecule has 25 nitrogen and oxygen atoms in total. The summed E-state index contributed by atoms with van der Waals surface area (Å²) in [6, 6.07) is 45.8. The van der Waals surface area contributed by atoms with Gasteiger partial charge in [0.25, 0.3) is 5.69 Å². The number of para-hydroxylation sites is 3. The first-order chi connectivity index (χ1) is 53.8. The van der Waals surface area contributed by atoms with Gasteiger partial charge in [0.2, 0.25) is 17.8 Å². The number of aromatic nitrogens is 2. The fourth-order valence-corrected chi connectivity index (χ4v) is 12.8. The van der Waals surface area contributed by atoms with Crippen LogP contribution in [0.4, 0.5) is 20.1 Å². The van der Waals surface area contributed by atoms with E-state index in [9.17, 15) is 58.7 Å². The van der Waals surface area contributed by atoms with E-state index >= 15 is 0 Å². The smallest absolute Gasteiger partial charge is 0.436 e. The standard InChI is InChI=1S/C20H16N2O4.C20H21NO2.C18H21NO4.C15H22N4O4.C14H17NO2/c1-12(26-20(25)22-9-8-21-11-22)13-6-7-16-17(10-13)19(24)15-5-3-2-4-14(15)18(16)23;1-3-21(4-2)20(22)23-14-19-17-11-7-5-9-15(17)13-16-10-6-8-12-18(16)19;1-13(2)18(22)23-15-9-11-19(12-10-15)17(21)8-7-14-5-3-4-6-16(14)20;1-11(12-8-6-7-9-13(12)19(21)22)10-23-15(20)16-14(17(2)3)18(4)5;16-13-7-3-2-6-12(13)8-9-14(17)15-10-4-1-5-11-15/h2-12,16-17H,1H3;5-13H,3-4,14H2,1-2H3;3-8,15,20H,1,9-12H2,2H3;6-9,11H,10H2,1-5H3;2-3,6-9,16H,1,4-5,10-11H2/b;;8-7+;;9-8+. The number of benzene rings is 7. The number of fused-ring (bicyclic) bond motifs is 4. The zero-order chi connectivity index (χ0) is 81.0. The van der Waals surface area contributed by atoms with E-state index in [1.807, 2.05) is 49.1 Å². The molecule has 8 aromatic rings. The molecule has 0 bridgehead atoms.